The van der Waals surface area contributed by atoms with Gasteiger partial charge in [-0.3, -0.25) is 4.79 Å². The zero-order chi connectivity index (χ0) is 7.42. The molecule has 2 bridgehead atoms. The number of fused-ring (bicyclic) bond motifs is 5. The highest BCUT2D eigenvalue weighted by molar-refractivity contribution is 5.95. The van der Waals surface area contributed by atoms with Crippen LogP contribution in [-0.2, 0) is 4.79 Å². The van der Waals surface area contributed by atoms with Crippen LogP contribution in [-0.4, -0.2) is 5.78 Å². The summed E-state index contributed by atoms with van der Waals surface area (Å²) < 4.78 is 0. The Hall–Kier alpha value is -0.850. The maximum atomic E-state index is 11.3. The van der Waals surface area contributed by atoms with Crippen molar-refractivity contribution in [3.63, 3.8) is 0 Å². The number of ketones is 1. The summed E-state index contributed by atoms with van der Waals surface area (Å²) in [5.74, 6) is 2.54. The normalized spacial score (nSPS) is 50.7. The fraction of sp³-hybridized carbons (Fsp3) is 0.500. The summed E-state index contributed by atoms with van der Waals surface area (Å²) in [4.78, 5) is 11.3. The van der Waals surface area contributed by atoms with Crippen LogP contribution < -0.4 is 0 Å². The summed E-state index contributed by atoms with van der Waals surface area (Å²) in [7, 11) is 0. The largest absolute Gasteiger partial charge is 0.295 e. The van der Waals surface area contributed by atoms with E-state index < -0.39 is 0 Å². The summed E-state index contributed by atoms with van der Waals surface area (Å²) in [6, 6.07) is 0. The maximum Gasteiger partial charge on any atom is 0.159 e. The van der Waals surface area contributed by atoms with E-state index in [2.05, 4.69) is 18.2 Å². The number of allylic oxidation sites excluding steroid dienone is 4. The second-order valence-electron chi connectivity index (χ2n) is 3.81. The third-order valence-electron chi connectivity index (χ3n) is 3.33. The molecule has 1 heteroatoms. The van der Waals surface area contributed by atoms with Gasteiger partial charge in [0, 0.05) is 5.92 Å². The van der Waals surface area contributed by atoms with Gasteiger partial charge >= 0.3 is 0 Å². The highest BCUT2D eigenvalue weighted by Crippen LogP contribution is 2.51. The molecule has 3 aliphatic carbocycles. The summed E-state index contributed by atoms with van der Waals surface area (Å²) in [6.07, 6.45) is 9.64. The van der Waals surface area contributed by atoms with Crippen molar-refractivity contribution in [1.29, 1.82) is 0 Å². The van der Waals surface area contributed by atoms with Gasteiger partial charge in [0.1, 0.15) is 0 Å². The lowest BCUT2D eigenvalue weighted by Crippen LogP contribution is -2.19. The fourth-order valence-electron chi connectivity index (χ4n) is 2.84. The molecule has 0 aromatic heterocycles. The van der Waals surface area contributed by atoms with Crippen LogP contribution in [0.15, 0.2) is 24.3 Å². The first kappa shape index (κ1) is 5.76. The molecule has 0 radical (unpaired) electrons. The zero-order valence-corrected chi connectivity index (χ0v) is 6.23. The molecule has 0 saturated heterocycles. The van der Waals surface area contributed by atoms with Gasteiger partial charge in [-0.15, -0.1) is 0 Å². The molecule has 1 fully saturated rings. The Morgan fingerprint density at radius 3 is 2.82 bits per heavy atom. The van der Waals surface area contributed by atoms with Crippen molar-refractivity contribution < 1.29 is 4.79 Å². The standard InChI is InChI=1S/C10H10O/c11-9-4-3-8-6-1-2-7(5-6)10(8)9/h1-4,6-8,10H,5H2/t6-,7+,8-,10+/m0/s1. The summed E-state index contributed by atoms with van der Waals surface area (Å²) in [5.41, 5.74) is 0. The van der Waals surface area contributed by atoms with Gasteiger partial charge in [0.2, 0.25) is 0 Å². The van der Waals surface area contributed by atoms with Crippen LogP contribution >= 0.6 is 0 Å². The molecule has 0 aromatic rings. The van der Waals surface area contributed by atoms with E-state index in [-0.39, 0.29) is 0 Å². The lowest BCUT2D eigenvalue weighted by Gasteiger charge is -2.17. The van der Waals surface area contributed by atoms with Crippen molar-refractivity contribution >= 4 is 5.78 Å². The van der Waals surface area contributed by atoms with E-state index in [1.165, 1.54) is 6.42 Å². The van der Waals surface area contributed by atoms with E-state index in [1.54, 1.807) is 6.08 Å². The SMILES string of the molecule is O=C1C=C[C@@H]2[C@H]1[C@@H]1C=C[C@H]2C1. The highest BCUT2D eigenvalue weighted by atomic mass is 16.1. The quantitative estimate of drug-likeness (QED) is 0.474. The molecule has 4 atom stereocenters. The molecule has 3 rings (SSSR count). The first-order valence-electron chi connectivity index (χ1n) is 4.26. The topological polar surface area (TPSA) is 17.1 Å². The molecule has 1 nitrogen and oxygen atoms in total. The van der Waals surface area contributed by atoms with Crippen molar-refractivity contribution in [3.05, 3.63) is 24.3 Å². The first-order chi connectivity index (χ1) is 5.36. The predicted octanol–water partition coefficient (Wildman–Crippen LogP) is 1.56. The number of carbonyl (C=O) groups excluding carboxylic acids is 1. The second-order valence-corrected chi connectivity index (χ2v) is 3.81. The van der Waals surface area contributed by atoms with E-state index in [0.717, 1.165) is 0 Å². The minimum atomic E-state index is 0.338. The van der Waals surface area contributed by atoms with Gasteiger partial charge in [0.25, 0.3) is 0 Å². The van der Waals surface area contributed by atoms with Crippen LogP contribution in [0.5, 0.6) is 0 Å². The smallest absolute Gasteiger partial charge is 0.159 e. The van der Waals surface area contributed by atoms with Crippen molar-refractivity contribution in [3.8, 4) is 0 Å². The van der Waals surface area contributed by atoms with E-state index >= 15 is 0 Å². The Morgan fingerprint density at radius 2 is 2.00 bits per heavy atom. The molecule has 0 spiro atoms. The third kappa shape index (κ3) is 0.550. The van der Waals surface area contributed by atoms with Crippen LogP contribution in [0.2, 0.25) is 0 Å². The van der Waals surface area contributed by atoms with E-state index in [0.29, 0.717) is 29.5 Å². The summed E-state index contributed by atoms with van der Waals surface area (Å²) >= 11 is 0. The number of rotatable bonds is 0. The Morgan fingerprint density at radius 1 is 1.18 bits per heavy atom. The average Bonchev–Trinajstić information content (AvgIpc) is 2.60. The van der Waals surface area contributed by atoms with E-state index in [4.69, 9.17) is 0 Å². The van der Waals surface area contributed by atoms with Crippen molar-refractivity contribution in [2.45, 2.75) is 6.42 Å². The fourth-order valence-corrected chi connectivity index (χ4v) is 2.84. The molecule has 56 valence electrons. The van der Waals surface area contributed by atoms with Gasteiger partial charge in [0.05, 0.1) is 0 Å². The molecular formula is C10H10O. The van der Waals surface area contributed by atoms with Gasteiger partial charge in [-0.2, -0.15) is 0 Å². The molecule has 11 heavy (non-hydrogen) atoms. The van der Waals surface area contributed by atoms with Gasteiger partial charge < -0.3 is 0 Å². The molecule has 0 N–H and O–H groups in total. The maximum absolute atomic E-state index is 11.3. The van der Waals surface area contributed by atoms with E-state index in [1.807, 2.05) is 0 Å². The van der Waals surface area contributed by atoms with Gasteiger partial charge in [-0.05, 0) is 30.3 Å². The Bertz CT molecular complexity index is 275. The Labute approximate surface area is 65.8 Å². The highest BCUT2D eigenvalue weighted by Gasteiger charge is 2.48. The average molecular weight is 146 g/mol. The molecule has 0 unspecified atom stereocenters. The minimum absolute atomic E-state index is 0.338. The summed E-state index contributed by atoms with van der Waals surface area (Å²) in [5, 5.41) is 0. The van der Waals surface area contributed by atoms with Gasteiger partial charge in [-0.25, -0.2) is 0 Å². The molecule has 0 aliphatic heterocycles. The third-order valence-corrected chi connectivity index (χ3v) is 3.33. The molecule has 3 aliphatic rings. The van der Waals surface area contributed by atoms with Crippen LogP contribution in [0, 0.1) is 23.7 Å². The van der Waals surface area contributed by atoms with Crippen LogP contribution in [0.1, 0.15) is 6.42 Å². The van der Waals surface area contributed by atoms with Crippen molar-refractivity contribution in [1.82, 2.24) is 0 Å². The Balaban J connectivity index is 2.08. The Kier molecular flexibility index (Phi) is 0.867. The molecule has 1 saturated carbocycles. The molecule has 0 aromatic carbocycles. The number of carbonyl (C=O) groups is 1. The van der Waals surface area contributed by atoms with Gasteiger partial charge in [0.15, 0.2) is 5.78 Å². The lowest BCUT2D eigenvalue weighted by molar-refractivity contribution is -0.118. The second kappa shape index (κ2) is 1.66. The van der Waals surface area contributed by atoms with Crippen LogP contribution in [0.4, 0.5) is 0 Å². The van der Waals surface area contributed by atoms with Crippen LogP contribution in [0.3, 0.4) is 0 Å². The van der Waals surface area contributed by atoms with Crippen LogP contribution in [0.25, 0.3) is 0 Å². The minimum Gasteiger partial charge on any atom is -0.295 e. The lowest BCUT2D eigenvalue weighted by atomic mass is 9.85. The van der Waals surface area contributed by atoms with Crippen molar-refractivity contribution in [2.75, 3.05) is 0 Å². The molecule has 0 heterocycles. The van der Waals surface area contributed by atoms with E-state index in [9.17, 15) is 4.79 Å². The molecular weight excluding hydrogens is 136 g/mol. The van der Waals surface area contributed by atoms with Crippen molar-refractivity contribution in [2.24, 2.45) is 23.7 Å². The zero-order valence-electron chi connectivity index (χ0n) is 6.23. The number of hydrogen-bond acceptors (Lipinski definition) is 1. The summed E-state index contributed by atoms with van der Waals surface area (Å²) in [6.45, 7) is 0. The number of hydrogen-bond donors (Lipinski definition) is 0. The first-order valence-corrected chi connectivity index (χ1v) is 4.26. The predicted molar refractivity (Wildman–Crippen MR) is 41.9 cm³/mol. The molecule has 0 amide bonds. The van der Waals surface area contributed by atoms with Gasteiger partial charge in [-0.1, -0.05) is 18.2 Å². The monoisotopic (exact) mass is 146 g/mol.